The number of nitrogens with one attached hydrogen (secondary N) is 1. The van der Waals surface area contributed by atoms with Crippen LogP contribution in [0, 0.1) is 0 Å². The summed E-state index contributed by atoms with van der Waals surface area (Å²) in [5, 5.41) is 17.5. The van der Waals surface area contributed by atoms with Crippen molar-refractivity contribution in [2.75, 3.05) is 5.32 Å². The number of aliphatic hydroxyl groups is 1. The molecule has 2 N–H and O–H groups in total. The molecule has 28 heavy (non-hydrogen) atoms. The van der Waals surface area contributed by atoms with Crippen LogP contribution in [-0.4, -0.2) is 5.11 Å². The number of benzene rings is 4. The maximum Gasteiger partial charge on any atom is 0.0813 e. The topological polar surface area (TPSA) is 32.3 Å². The first kappa shape index (κ1) is 18.5. The molecule has 0 aromatic heterocycles. The fourth-order valence-electron chi connectivity index (χ4n) is 3.52. The highest BCUT2D eigenvalue weighted by Gasteiger charge is 2.18. The van der Waals surface area contributed by atoms with E-state index in [1.807, 2.05) is 60.7 Å². The van der Waals surface area contributed by atoms with Crippen molar-refractivity contribution in [3.8, 4) is 0 Å². The van der Waals surface area contributed by atoms with Crippen molar-refractivity contribution >= 4 is 28.1 Å². The second kappa shape index (κ2) is 8.47. The third-order valence-electron chi connectivity index (χ3n) is 4.98. The van der Waals surface area contributed by atoms with Gasteiger partial charge in [-0.25, -0.2) is 0 Å². The summed E-state index contributed by atoms with van der Waals surface area (Å²) in [5.74, 6) is 0. The van der Waals surface area contributed by atoms with Crippen molar-refractivity contribution in [3.05, 3.63) is 113 Å². The average molecular weight is 388 g/mol. The Morgan fingerprint density at radius 2 is 1.46 bits per heavy atom. The average Bonchev–Trinajstić information content (AvgIpc) is 2.73. The van der Waals surface area contributed by atoms with Crippen LogP contribution in [0.15, 0.2) is 97.1 Å². The second-order valence-corrected chi connectivity index (χ2v) is 7.41. The third-order valence-corrected chi connectivity index (χ3v) is 5.22. The maximum absolute atomic E-state index is 11.0. The van der Waals surface area contributed by atoms with Crippen molar-refractivity contribution in [2.45, 2.75) is 18.6 Å². The lowest BCUT2D eigenvalue weighted by atomic mass is 9.95. The molecular weight excluding hydrogens is 366 g/mol. The highest BCUT2D eigenvalue weighted by molar-refractivity contribution is 6.30. The van der Waals surface area contributed by atoms with Gasteiger partial charge in [-0.05, 0) is 46.2 Å². The number of rotatable bonds is 6. The van der Waals surface area contributed by atoms with Gasteiger partial charge in [0.1, 0.15) is 0 Å². The fraction of sp³-hybridized carbons (Fsp3) is 0.120. The zero-order valence-electron chi connectivity index (χ0n) is 15.4. The Hall–Kier alpha value is -2.81. The van der Waals surface area contributed by atoms with Gasteiger partial charge in [0.25, 0.3) is 0 Å². The zero-order valence-corrected chi connectivity index (χ0v) is 16.2. The van der Waals surface area contributed by atoms with E-state index in [2.05, 4.69) is 41.7 Å². The van der Waals surface area contributed by atoms with Crippen molar-refractivity contribution in [1.29, 1.82) is 0 Å². The molecule has 0 bridgehead atoms. The Labute approximate surface area is 170 Å². The van der Waals surface area contributed by atoms with E-state index in [-0.39, 0.29) is 6.04 Å². The lowest BCUT2D eigenvalue weighted by Crippen LogP contribution is -2.15. The van der Waals surface area contributed by atoms with Crippen LogP contribution in [0.2, 0.25) is 5.02 Å². The molecule has 0 heterocycles. The number of halogens is 1. The second-order valence-electron chi connectivity index (χ2n) is 6.98. The number of hydrogen-bond acceptors (Lipinski definition) is 2. The molecule has 0 saturated carbocycles. The predicted octanol–water partition coefficient (Wildman–Crippen LogP) is 6.77. The summed E-state index contributed by atoms with van der Waals surface area (Å²) in [7, 11) is 0. The minimum absolute atomic E-state index is 0.0406. The summed E-state index contributed by atoms with van der Waals surface area (Å²) in [5.41, 5.74) is 2.99. The molecule has 0 aliphatic heterocycles. The first-order chi connectivity index (χ1) is 13.7. The van der Waals surface area contributed by atoms with Crippen LogP contribution in [-0.2, 0) is 0 Å². The molecule has 2 nitrogen and oxygen atoms in total. The normalized spacial score (nSPS) is 13.2. The van der Waals surface area contributed by atoms with Gasteiger partial charge in [-0.1, -0.05) is 84.4 Å². The highest BCUT2D eigenvalue weighted by atomic mass is 35.5. The minimum atomic E-state index is -0.582. The molecule has 0 amide bonds. The van der Waals surface area contributed by atoms with Gasteiger partial charge in [-0.15, -0.1) is 0 Å². The molecule has 0 fully saturated rings. The molecule has 0 aliphatic carbocycles. The van der Waals surface area contributed by atoms with Gasteiger partial charge < -0.3 is 10.4 Å². The van der Waals surface area contributed by atoms with E-state index in [0.717, 1.165) is 22.2 Å². The van der Waals surface area contributed by atoms with E-state index >= 15 is 0 Å². The van der Waals surface area contributed by atoms with Crippen LogP contribution in [0.5, 0.6) is 0 Å². The Morgan fingerprint density at radius 3 is 2.25 bits per heavy atom. The Bertz CT molecular complexity index is 1060. The Kier molecular flexibility index (Phi) is 5.61. The Balaban J connectivity index is 1.60. The monoisotopic (exact) mass is 387 g/mol. The number of hydrogen-bond donors (Lipinski definition) is 2. The molecule has 4 aromatic rings. The van der Waals surface area contributed by atoms with Crippen LogP contribution >= 0.6 is 11.6 Å². The molecule has 0 radical (unpaired) electrons. The van der Waals surface area contributed by atoms with Crippen LogP contribution in [0.4, 0.5) is 5.69 Å². The maximum atomic E-state index is 11.0. The van der Waals surface area contributed by atoms with Crippen molar-refractivity contribution in [3.63, 3.8) is 0 Å². The standard InChI is InChI=1S/C25H22ClNO/c26-22-11-6-12-23(16-22)27-24(19-8-2-1-3-9-19)17-25(28)21-14-13-18-7-4-5-10-20(18)15-21/h1-16,24-25,27-28H,17H2. The summed E-state index contributed by atoms with van der Waals surface area (Å²) in [6.45, 7) is 0. The number of anilines is 1. The van der Waals surface area contributed by atoms with E-state index in [1.54, 1.807) is 0 Å². The fourth-order valence-corrected chi connectivity index (χ4v) is 3.71. The molecular formula is C25H22ClNO. The third kappa shape index (κ3) is 4.36. The summed E-state index contributed by atoms with van der Waals surface area (Å²) >= 11 is 6.14. The van der Waals surface area contributed by atoms with E-state index in [0.29, 0.717) is 11.4 Å². The van der Waals surface area contributed by atoms with Crippen molar-refractivity contribution < 1.29 is 5.11 Å². The van der Waals surface area contributed by atoms with Crippen molar-refractivity contribution in [2.24, 2.45) is 0 Å². The first-order valence-electron chi connectivity index (χ1n) is 9.43. The van der Waals surface area contributed by atoms with Gasteiger partial charge in [0, 0.05) is 17.1 Å². The molecule has 0 spiro atoms. The van der Waals surface area contributed by atoms with Gasteiger partial charge in [0.2, 0.25) is 0 Å². The molecule has 140 valence electrons. The molecule has 2 atom stereocenters. The summed E-state index contributed by atoms with van der Waals surface area (Å²) in [6, 6.07) is 32.2. The number of aliphatic hydroxyl groups excluding tert-OH is 1. The van der Waals surface area contributed by atoms with Gasteiger partial charge >= 0.3 is 0 Å². The SMILES string of the molecule is OC(CC(Nc1cccc(Cl)c1)c1ccccc1)c1ccc2ccccc2c1. The molecule has 0 saturated heterocycles. The summed E-state index contributed by atoms with van der Waals surface area (Å²) in [4.78, 5) is 0. The lowest BCUT2D eigenvalue weighted by Gasteiger charge is -2.24. The molecule has 0 aliphatic rings. The summed E-state index contributed by atoms with van der Waals surface area (Å²) in [6.07, 6.45) is -0.0315. The highest BCUT2D eigenvalue weighted by Crippen LogP contribution is 2.31. The van der Waals surface area contributed by atoms with Crippen LogP contribution in [0.3, 0.4) is 0 Å². The summed E-state index contributed by atoms with van der Waals surface area (Å²) < 4.78 is 0. The zero-order chi connectivity index (χ0) is 19.3. The van der Waals surface area contributed by atoms with Gasteiger partial charge in [-0.2, -0.15) is 0 Å². The van der Waals surface area contributed by atoms with Gasteiger partial charge in [0.05, 0.1) is 12.1 Å². The van der Waals surface area contributed by atoms with E-state index < -0.39 is 6.10 Å². The predicted molar refractivity (Wildman–Crippen MR) is 118 cm³/mol. The molecule has 4 aromatic carbocycles. The van der Waals surface area contributed by atoms with Crippen LogP contribution in [0.1, 0.15) is 29.7 Å². The molecule has 3 heteroatoms. The smallest absolute Gasteiger partial charge is 0.0813 e. The lowest BCUT2D eigenvalue weighted by molar-refractivity contribution is 0.161. The van der Waals surface area contributed by atoms with Crippen molar-refractivity contribution in [1.82, 2.24) is 0 Å². The van der Waals surface area contributed by atoms with E-state index in [9.17, 15) is 5.11 Å². The van der Waals surface area contributed by atoms with E-state index in [1.165, 1.54) is 5.39 Å². The molecule has 2 unspecified atom stereocenters. The van der Waals surface area contributed by atoms with Gasteiger partial charge in [0.15, 0.2) is 0 Å². The molecule has 4 rings (SSSR count). The quantitative estimate of drug-likeness (QED) is 0.382. The van der Waals surface area contributed by atoms with Gasteiger partial charge in [-0.3, -0.25) is 0 Å². The van der Waals surface area contributed by atoms with Crippen LogP contribution in [0.25, 0.3) is 10.8 Å². The first-order valence-corrected chi connectivity index (χ1v) is 9.81. The minimum Gasteiger partial charge on any atom is -0.388 e. The van der Waals surface area contributed by atoms with Crippen LogP contribution < -0.4 is 5.32 Å². The number of fused-ring (bicyclic) bond motifs is 1. The largest absolute Gasteiger partial charge is 0.388 e. The van der Waals surface area contributed by atoms with E-state index in [4.69, 9.17) is 11.6 Å². The Morgan fingerprint density at radius 1 is 0.714 bits per heavy atom.